The van der Waals surface area contributed by atoms with Crippen LogP contribution in [0.4, 0.5) is 13.2 Å². The van der Waals surface area contributed by atoms with Crippen molar-refractivity contribution in [2.24, 2.45) is 0 Å². The van der Waals surface area contributed by atoms with E-state index in [-0.39, 0.29) is 18.7 Å². The highest BCUT2D eigenvalue weighted by atomic mass is 19.2. The van der Waals surface area contributed by atoms with Gasteiger partial charge >= 0.3 is 0 Å². The zero-order valence-electron chi connectivity index (χ0n) is 7.15. The lowest BCUT2D eigenvalue weighted by Crippen LogP contribution is -2.57. The number of hydrogen-bond acceptors (Lipinski definition) is 2. The van der Waals surface area contributed by atoms with E-state index in [1.54, 1.807) is 0 Å². The minimum absolute atomic E-state index is 0.104. The van der Waals surface area contributed by atoms with Crippen LogP contribution in [0.25, 0.3) is 0 Å². The van der Waals surface area contributed by atoms with Crippen molar-refractivity contribution in [2.45, 2.75) is 5.60 Å². The second-order valence-electron chi connectivity index (χ2n) is 3.38. The van der Waals surface area contributed by atoms with Gasteiger partial charge in [-0.2, -0.15) is 0 Å². The molecule has 1 heterocycles. The van der Waals surface area contributed by atoms with Crippen LogP contribution in [-0.2, 0) is 5.60 Å². The fraction of sp³-hybridized carbons (Fsp3) is 0.333. The predicted molar refractivity (Wildman–Crippen MR) is 43.1 cm³/mol. The number of hydrogen-bond donors (Lipinski definition) is 2. The molecule has 14 heavy (non-hydrogen) atoms. The average Bonchev–Trinajstić information content (AvgIpc) is 2.07. The van der Waals surface area contributed by atoms with Crippen LogP contribution in [0.1, 0.15) is 5.56 Å². The molecule has 0 aliphatic carbocycles. The molecule has 1 aromatic rings. The van der Waals surface area contributed by atoms with Crippen molar-refractivity contribution in [3.63, 3.8) is 0 Å². The summed E-state index contributed by atoms with van der Waals surface area (Å²) >= 11 is 0. The Kier molecular flexibility index (Phi) is 2.01. The zero-order chi connectivity index (χ0) is 10.3. The fourth-order valence-corrected chi connectivity index (χ4v) is 1.45. The lowest BCUT2D eigenvalue weighted by molar-refractivity contribution is -0.0184. The highest BCUT2D eigenvalue weighted by Gasteiger charge is 2.39. The Labute approximate surface area is 78.4 Å². The van der Waals surface area contributed by atoms with Gasteiger partial charge < -0.3 is 10.4 Å². The largest absolute Gasteiger partial charge is 0.382 e. The second kappa shape index (κ2) is 2.96. The number of aliphatic hydroxyl groups is 1. The lowest BCUT2D eigenvalue weighted by atomic mass is 9.87. The fourth-order valence-electron chi connectivity index (χ4n) is 1.45. The van der Waals surface area contributed by atoms with Crippen LogP contribution >= 0.6 is 0 Å². The topological polar surface area (TPSA) is 32.3 Å². The van der Waals surface area contributed by atoms with E-state index in [9.17, 15) is 18.3 Å². The molecule has 1 aliphatic rings. The van der Waals surface area contributed by atoms with Gasteiger partial charge in [-0.15, -0.1) is 0 Å². The number of benzene rings is 1. The Morgan fingerprint density at radius 1 is 1.21 bits per heavy atom. The van der Waals surface area contributed by atoms with Gasteiger partial charge in [0.05, 0.1) is 0 Å². The highest BCUT2D eigenvalue weighted by Crippen LogP contribution is 2.29. The molecule has 2 N–H and O–H groups in total. The number of β-amino-alcohol motifs (C(OH)–C–C–N with tert-alkyl or cyclic N) is 1. The molecule has 0 atom stereocenters. The molecule has 0 aromatic heterocycles. The number of halogens is 3. The molecule has 0 saturated carbocycles. The summed E-state index contributed by atoms with van der Waals surface area (Å²) in [5.74, 6) is -3.35. The van der Waals surface area contributed by atoms with E-state index < -0.39 is 23.1 Å². The molecule has 5 heteroatoms. The van der Waals surface area contributed by atoms with Crippen molar-refractivity contribution < 1.29 is 18.3 Å². The Balaban J connectivity index is 2.51. The maximum atomic E-state index is 13.2. The van der Waals surface area contributed by atoms with E-state index in [2.05, 4.69) is 5.32 Å². The Morgan fingerprint density at radius 2 is 1.86 bits per heavy atom. The summed E-state index contributed by atoms with van der Waals surface area (Å²) in [4.78, 5) is 0. The SMILES string of the molecule is OC1(c2cc(F)cc(F)c2F)CNC1. The maximum absolute atomic E-state index is 13.2. The van der Waals surface area contributed by atoms with Gasteiger partial charge in [-0.05, 0) is 6.07 Å². The molecule has 1 aromatic carbocycles. The van der Waals surface area contributed by atoms with Crippen molar-refractivity contribution in [1.29, 1.82) is 0 Å². The molecule has 1 saturated heterocycles. The molecule has 76 valence electrons. The van der Waals surface area contributed by atoms with E-state index >= 15 is 0 Å². The number of rotatable bonds is 1. The first-order valence-corrected chi connectivity index (χ1v) is 4.11. The molecule has 0 bridgehead atoms. The average molecular weight is 203 g/mol. The van der Waals surface area contributed by atoms with Crippen LogP contribution in [0.15, 0.2) is 12.1 Å². The molecule has 0 amide bonds. The first-order chi connectivity index (χ1) is 6.53. The van der Waals surface area contributed by atoms with Crippen LogP contribution in [0.2, 0.25) is 0 Å². The lowest BCUT2D eigenvalue weighted by Gasteiger charge is -2.38. The molecule has 1 aliphatic heterocycles. The van der Waals surface area contributed by atoms with E-state index in [0.29, 0.717) is 6.07 Å². The third-order valence-corrected chi connectivity index (χ3v) is 2.33. The molecule has 2 rings (SSSR count). The molecule has 2 nitrogen and oxygen atoms in total. The Bertz CT molecular complexity index is 377. The van der Waals surface area contributed by atoms with E-state index in [4.69, 9.17) is 0 Å². The van der Waals surface area contributed by atoms with Crippen molar-refractivity contribution >= 4 is 0 Å². The Hall–Kier alpha value is -1.07. The first-order valence-electron chi connectivity index (χ1n) is 4.11. The zero-order valence-corrected chi connectivity index (χ0v) is 7.15. The van der Waals surface area contributed by atoms with Crippen LogP contribution in [0, 0.1) is 17.5 Å². The van der Waals surface area contributed by atoms with E-state index in [1.165, 1.54) is 0 Å². The molecule has 0 spiro atoms. The van der Waals surface area contributed by atoms with E-state index in [0.717, 1.165) is 6.07 Å². The van der Waals surface area contributed by atoms with Gasteiger partial charge in [0, 0.05) is 24.7 Å². The summed E-state index contributed by atoms with van der Waals surface area (Å²) in [6.07, 6.45) is 0. The molecule has 1 fully saturated rings. The second-order valence-corrected chi connectivity index (χ2v) is 3.38. The van der Waals surface area contributed by atoms with Crippen LogP contribution in [-0.4, -0.2) is 18.2 Å². The van der Waals surface area contributed by atoms with Gasteiger partial charge in [0.25, 0.3) is 0 Å². The van der Waals surface area contributed by atoms with Gasteiger partial charge in [-0.25, -0.2) is 13.2 Å². The van der Waals surface area contributed by atoms with Crippen molar-refractivity contribution in [3.8, 4) is 0 Å². The standard InChI is InChI=1S/C9H8F3NO/c10-5-1-6(8(12)7(11)2-5)9(14)3-13-4-9/h1-2,13-14H,3-4H2. The van der Waals surface area contributed by atoms with Crippen LogP contribution in [0.5, 0.6) is 0 Å². The van der Waals surface area contributed by atoms with Gasteiger partial charge in [0.1, 0.15) is 11.4 Å². The summed E-state index contributed by atoms with van der Waals surface area (Å²) < 4.78 is 38.7. The minimum Gasteiger partial charge on any atom is -0.382 e. The summed E-state index contributed by atoms with van der Waals surface area (Å²) in [5.41, 5.74) is -1.80. The van der Waals surface area contributed by atoms with Gasteiger partial charge in [0.15, 0.2) is 11.6 Å². The Morgan fingerprint density at radius 3 is 2.36 bits per heavy atom. The summed E-state index contributed by atoms with van der Waals surface area (Å²) in [6, 6.07) is 1.27. The first kappa shape index (κ1) is 9.48. The molecular weight excluding hydrogens is 195 g/mol. The van der Waals surface area contributed by atoms with E-state index in [1.807, 2.05) is 0 Å². The third-order valence-electron chi connectivity index (χ3n) is 2.33. The van der Waals surface area contributed by atoms with Crippen molar-refractivity contribution in [3.05, 3.63) is 35.1 Å². The van der Waals surface area contributed by atoms with Crippen LogP contribution in [0.3, 0.4) is 0 Å². The summed E-state index contributed by atoms with van der Waals surface area (Å²) in [6.45, 7) is 0.208. The molecule has 0 unspecified atom stereocenters. The normalized spacial score (nSPS) is 19.1. The quantitative estimate of drug-likeness (QED) is 0.664. The smallest absolute Gasteiger partial charge is 0.165 e. The number of nitrogens with one attached hydrogen (secondary N) is 1. The maximum Gasteiger partial charge on any atom is 0.165 e. The van der Waals surface area contributed by atoms with Crippen molar-refractivity contribution in [2.75, 3.05) is 13.1 Å². The highest BCUT2D eigenvalue weighted by molar-refractivity contribution is 5.29. The van der Waals surface area contributed by atoms with Crippen molar-refractivity contribution in [1.82, 2.24) is 5.32 Å². The predicted octanol–water partition coefficient (Wildman–Crippen LogP) is 0.895. The molecule has 0 radical (unpaired) electrons. The van der Waals surface area contributed by atoms with Gasteiger partial charge in [0.2, 0.25) is 0 Å². The molecular formula is C9H8F3NO. The van der Waals surface area contributed by atoms with Crippen LogP contribution < -0.4 is 5.32 Å². The monoisotopic (exact) mass is 203 g/mol. The van der Waals surface area contributed by atoms with Gasteiger partial charge in [-0.1, -0.05) is 0 Å². The summed E-state index contributed by atoms with van der Waals surface area (Å²) in [5, 5.41) is 12.4. The third kappa shape index (κ3) is 1.29. The van der Waals surface area contributed by atoms with Gasteiger partial charge in [-0.3, -0.25) is 0 Å². The minimum atomic E-state index is -1.48. The summed E-state index contributed by atoms with van der Waals surface area (Å²) in [7, 11) is 0.